The molecule has 1 aliphatic heterocycles. The lowest BCUT2D eigenvalue weighted by molar-refractivity contribution is -0.136. The fraction of sp³-hybridized carbons (Fsp3) is 0.571. The summed E-state index contributed by atoms with van der Waals surface area (Å²) in [5.74, 6) is 0.173. The number of likely N-dealkylation sites (tertiary alicyclic amines) is 1. The molecular formula is C14H22ClN3O. The van der Waals surface area contributed by atoms with Gasteiger partial charge in [0.25, 0.3) is 0 Å². The van der Waals surface area contributed by atoms with Crippen LogP contribution in [0.1, 0.15) is 38.8 Å². The van der Waals surface area contributed by atoms with Crippen LogP contribution in [0.15, 0.2) is 18.3 Å². The molecule has 4 nitrogen and oxygen atoms in total. The van der Waals surface area contributed by atoms with Gasteiger partial charge in [-0.1, -0.05) is 0 Å². The molecule has 1 saturated heterocycles. The Morgan fingerprint density at radius 1 is 1.37 bits per heavy atom. The van der Waals surface area contributed by atoms with E-state index in [1.54, 1.807) is 12.3 Å². The zero-order chi connectivity index (χ0) is 13.1. The highest BCUT2D eigenvalue weighted by molar-refractivity contribution is 5.85. The number of aromatic nitrogens is 1. The van der Waals surface area contributed by atoms with Crippen LogP contribution in [0.4, 0.5) is 5.69 Å². The van der Waals surface area contributed by atoms with Crippen LogP contribution >= 0.6 is 12.4 Å². The van der Waals surface area contributed by atoms with Crippen molar-refractivity contribution in [2.45, 2.75) is 51.6 Å². The normalized spacial score (nSPS) is 22.7. The van der Waals surface area contributed by atoms with E-state index in [0.717, 1.165) is 18.5 Å². The zero-order valence-electron chi connectivity index (χ0n) is 11.5. The van der Waals surface area contributed by atoms with Crippen molar-refractivity contribution in [2.75, 3.05) is 5.73 Å². The van der Waals surface area contributed by atoms with E-state index in [1.807, 2.05) is 11.0 Å². The van der Waals surface area contributed by atoms with Crippen molar-refractivity contribution in [1.29, 1.82) is 0 Å². The van der Waals surface area contributed by atoms with Crippen LogP contribution in [0.5, 0.6) is 0 Å². The Labute approximate surface area is 120 Å². The van der Waals surface area contributed by atoms with Gasteiger partial charge in [0, 0.05) is 17.8 Å². The maximum atomic E-state index is 12.3. The Morgan fingerprint density at radius 3 is 2.53 bits per heavy atom. The summed E-state index contributed by atoms with van der Waals surface area (Å²) in [6.45, 7) is 4.26. The van der Waals surface area contributed by atoms with Gasteiger partial charge in [0.15, 0.2) is 0 Å². The Morgan fingerprint density at radius 2 is 2.00 bits per heavy atom. The van der Waals surface area contributed by atoms with E-state index in [0.29, 0.717) is 24.2 Å². The highest BCUT2D eigenvalue weighted by Crippen LogP contribution is 2.23. The molecule has 5 heteroatoms. The van der Waals surface area contributed by atoms with Gasteiger partial charge < -0.3 is 10.6 Å². The van der Waals surface area contributed by atoms with Gasteiger partial charge >= 0.3 is 0 Å². The van der Waals surface area contributed by atoms with E-state index in [9.17, 15) is 4.79 Å². The zero-order valence-corrected chi connectivity index (χ0v) is 12.3. The van der Waals surface area contributed by atoms with Crippen LogP contribution in [0, 0.1) is 0 Å². The highest BCUT2D eigenvalue weighted by Gasteiger charge is 2.28. The summed E-state index contributed by atoms with van der Waals surface area (Å²) in [4.78, 5) is 18.5. The molecule has 19 heavy (non-hydrogen) atoms. The number of nitrogens with zero attached hydrogens (tertiary/aromatic N) is 2. The predicted molar refractivity (Wildman–Crippen MR) is 79.2 cm³/mol. The minimum Gasteiger partial charge on any atom is -0.397 e. The van der Waals surface area contributed by atoms with E-state index in [2.05, 4.69) is 18.8 Å². The van der Waals surface area contributed by atoms with Gasteiger partial charge in [-0.05, 0) is 45.2 Å². The van der Waals surface area contributed by atoms with Gasteiger partial charge in [0.05, 0.1) is 18.3 Å². The van der Waals surface area contributed by atoms with E-state index >= 15 is 0 Å². The van der Waals surface area contributed by atoms with Crippen molar-refractivity contribution in [3.63, 3.8) is 0 Å². The lowest BCUT2D eigenvalue weighted by Gasteiger charge is -2.39. The first-order chi connectivity index (χ1) is 8.58. The Balaban J connectivity index is 0.00000180. The lowest BCUT2D eigenvalue weighted by Crippen LogP contribution is -2.48. The Hall–Kier alpha value is -1.29. The fourth-order valence-electron chi connectivity index (χ4n) is 2.70. The Bertz CT molecular complexity index is 411. The molecule has 1 aromatic rings. The molecule has 0 spiro atoms. The van der Waals surface area contributed by atoms with Crippen LogP contribution < -0.4 is 5.73 Å². The standard InChI is InChI=1S/C14H21N3O.ClH/c1-10-4-3-5-11(2)17(10)14(18)8-13-7-6-12(15)9-16-13;/h6-7,9-11H,3-5,8,15H2,1-2H3;1H. The number of rotatable bonds is 2. The van der Waals surface area contributed by atoms with Crippen molar-refractivity contribution in [2.24, 2.45) is 0 Å². The molecule has 2 rings (SSSR count). The minimum atomic E-state index is 0. The number of carbonyl (C=O) groups excluding carboxylic acids is 1. The molecule has 0 aromatic carbocycles. The average molecular weight is 284 g/mol. The number of piperidine rings is 1. The van der Waals surface area contributed by atoms with E-state index in [-0.39, 0.29) is 18.3 Å². The molecule has 1 amide bonds. The summed E-state index contributed by atoms with van der Waals surface area (Å²) >= 11 is 0. The number of nitrogen functional groups attached to an aromatic ring is 1. The van der Waals surface area contributed by atoms with Crippen LogP contribution in [-0.4, -0.2) is 27.9 Å². The van der Waals surface area contributed by atoms with E-state index in [1.165, 1.54) is 6.42 Å². The second kappa shape index (κ2) is 6.75. The van der Waals surface area contributed by atoms with Crippen LogP contribution in [0.25, 0.3) is 0 Å². The number of pyridine rings is 1. The fourth-order valence-corrected chi connectivity index (χ4v) is 2.70. The van der Waals surface area contributed by atoms with E-state index < -0.39 is 0 Å². The molecule has 2 unspecified atom stereocenters. The number of nitrogens with two attached hydrogens (primary N) is 1. The molecule has 1 aliphatic rings. The summed E-state index contributed by atoms with van der Waals surface area (Å²) in [6.07, 6.45) is 5.39. The average Bonchev–Trinajstić information content (AvgIpc) is 2.32. The number of halogens is 1. The number of carbonyl (C=O) groups is 1. The van der Waals surface area contributed by atoms with Crippen molar-refractivity contribution < 1.29 is 4.79 Å². The van der Waals surface area contributed by atoms with E-state index in [4.69, 9.17) is 5.73 Å². The molecule has 2 atom stereocenters. The lowest BCUT2D eigenvalue weighted by atomic mass is 9.97. The third kappa shape index (κ3) is 3.83. The van der Waals surface area contributed by atoms with Crippen LogP contribution in [0.2, 0.25) is 0 Å². The topological polar surface area (TPSA) is 59.2 Å². The third-order valence-corrected chi connectivity index (χ3v) is 3.66. The van der Waals surface area contributed by atoms with Crippen molar-refractivity contribution in [3.05, 3.63) is 24.0 Å². The maximum Gasteiger partial charge on any atom is 0.229 e. The summed E-state index contributed by atoms with van der Waals surface area (Å²) in [5, 5.41) is 0. The second-order valence-electron chi connectivity index (χ2n) is 5.19. The summed E-state index contributed by atoms with van der Waals surface area (Å²) in [7, 11) is 0. The van der Waals surface area contributed by atoms with Crippen molar-refractivity contribution >= 4 is 24.0 Å². The maximum absolute atomic E-state index is 12.3. The third-order valence-electron chi connectivity index (χ3n) is 3.66. The summed E-state index contributed by atoms with van der Waals surface area (Å²) in [6, 6.07) is 4.30. The molecule has 1 fully saturated rings. The summed E-state index contributed by atoms with van der Waals surface area (Å²) < 4.78 is 0. The van der Waals surface area contributed by atoms with Gasteiger partial charge in [-0.15, -0.1) is 12.4 Å². The molecule has 0 saturated carbocycles. The molecule has 0 bridgehead atoms. The first kappa shape index (κ1) is 15.8. The minimum absolute atomic E-state index is 0. The predicted octanol–water partition coefficient (Wildman–Crippen LogP) is 2.42. The molecule has 106 valence electrons. The monoisotopic (exact) mass is 283 g/mol. The molecule has 1 aromatic heterocycles. The number of anilines is 1. The number of hydrogen-bond acceptors (Lipinski definition) is 3. The highest BCUT2D eigenvalue weighted by atomic mass is 35.5. The van der Waals surface area contributed by atoms with Gasteiger partial charge in [0.2, 0.25) is 5.91 Å². The van der Waals surface area contributed by atoms with Gasteiger partial charge in [-0.2, -0.15) is 0 Å². The smallest absolute Gasteiger partial charge is 0.229 e. The van der Waals surface area contributed by atoms with Crippen LogP contribution in [-0.2, 0) is 11.2 Å². The van der Waals surface area contributed by atoms with Crippen molar-refractivity contribution in [3.8, 4) is 0 Å². The summed E-state index contributed by atoms with van der Waals surface area (Å²) in [5.41, 5.74) is 7.01. The van der Waals surface area contributed by atoms with Gasteiger partial charge in [-0.25, -0.2) is 0 Å². The Kier molecular flexibility index (Phi) is 5.60. The van der Waals surface area contributed by atoms with Gasteiger partial charge in [-0.3, -0.25) is 9.78 Å². The first-order valence-corrected chi connectivity index (χ1v) is 6.59. The van der Waals surface area contributed by atoms with Crippen LogP contribution in [0.3, 0.4) is 0 Å². The largest absolute Gasteiger partial charge is 0.397 e. The number of hydrogen-bond donors (Lipinski definition) is 1. The molecular weight excluding hydrogens is 262 g/mol. The molecule has 2 N–H and O–H groups in total. The quantitative estimate of drug-likeness (QED) is 0.907. The van der Waals surface area contributed by atoms with Gasteiger partial charge in [0.1, 0.15) is 0 Å². The SMILES string of the molecule is CC1CCCC(C)N1C(=O)Cc1ccc(N)cn1.Cl. The van der Waals surface area contributed by atoms with Crippen molar-refractivity contribution in [1.82, 2.24) is 9.88 Å². The second-order valence-corrected chi connectivity index (χ2v) is 5.19. The molecule has 0 aliphatic carbocycles. The molecule has 0 radical (unpaired) electrons. The number of amides is 1. The molecule has 2 heterocycles. The first-order valence-electron chi connectivity index (χ1n) is 6.59.